The molecule has 1 fully saturated rings. The highest BCUT2D eigenvalue weighted by Gasteiger charge is 2.32. The second-order valence-corrected chi connectivity index (χ2v) is 4.94. The van der Waals surface area contributed by atoms with Crippen molar-refractivity contribution in [3.63, 3.8) is 0 Å². The number of nitrogens with zero attached hydrogens (tertiary/aromatic N) is 3. The van der Waals surface area contributed by atoms with Crippen molar-refractivity contribution in [3.05, 3.63) is 11.3 Å². The molecule has 0 unspecified atom stereocenters. The highest BCUT2D eigenvalue weighted by Crippen LogP contribution is 2.34. The third kappa shape index (κ3) is 2.67. The molecule has 1 aliphatic rings. The van der Waals surface area contributed by atoms with Gasteiger partial charge in [0.05, 0.1) is 12.3 Å². The molecule has 1 aromatic rings. The third-order valence-corrected chi connectivity index (χ3v) is 3.47. The molecule has 1 aliphatic carbocycles. The predicted octanol–water partition coefficient (Wildman–Crippen LogP) is 0.799. The molecule has 0 atom stereocenters. The van der Waals surface area contributed by atoms with Crippen LogP contribution in [0.3, 0.4) is 0 Å². The number of aliphatic hydroxyl groups excluding tert-OH is 1. The van der Waals surface area contributed by atoms with Crippen molar-refractivity contribution in [1.29, 1.82) is 0 Å². The van der Waals surface area contributed by atoms with Crippen LogP contribution in [-0.2, 0) is 13.6 Å². The Morgan fingerprint density at radius 2 is 2.22 bits per heavy atom. The molecule has 0 spiro atoms. The van der Waals surface area contributed by atoms with Crippen LogP contribution in [0.15, 0.2) is 0 Å². The van der Waals surface area contributed by atoms with Crippen molar-refractivity contribution in [2.75, 3.05) is 24.6 Å². The van der Waals surface area contributed by atoms with E-state index in [4.69, 9.17) is 0 Å². The smallest absolute Gasteiger partial charge is 0.131 e. The van der Waals surface area contributed by atoms with E-state index in [0.717, 1.165) is 18.8 Å². The van der Waals surface area contributed by atoms with Crippen LogP contribution >= 0.6 is 0 Å². The molecule has 5 nitrogen and oxygen atoms in total. The Morgan fingerprint density at radius 1 is 1.50 bits per heavy atom. The molecule has 2 rings (SSSR count). The second-order valence-electron chi connectivity index (χ2n) is 4.94. The van der Waals surface area contributed by atoms with Gasteiger partial charge in [-0.15, -0.1) is 0 Å². The summed E-state index contributed by atoms with van der Waals surface area (Å²) in [5.41, 5.74) is 2.34. The van der Waals surface area contributed by atoms with E-state index in [9.17, 15) is 5.11 Å². The lowest BCUT2D eigenvalue weighted by molar-refractivity contribution is 0.300. The average Bonchev–Trinajstić information content (AvgIpc) is 3.12. The summed E-state index contributed by atoms with van der Waals surface area (Å²) in [6.45, 7) is 6.86. The summed E-state index contributed by atoms with van der Waals surface area (Å²) in [6.07, 6.45) is 2.45. The lowest BCUT2D eigenvalue weighted by atomic mass is 10.2. The van der Waals surface area contributed by atoms with Crippen LogP contribution in [0.5, 0.6) is 0 Å². The lowest BCUT2D eigenvalue weighted by Gasteiger charge is -2.25. The number of aromatic nitrogens is 2. The fraction of sp³-hybridized carbons (Fsp3) is 0.769. The van der Waals surface area contributed by atoms with Gasteiger partial charge in [0, 0.05) is 31.7 Å². The van der Waals surface area contributed by atoms with E-state index in [-0.39, 0.29) is 6.61 Å². The fourth-order valence-electron chi connectivity index (χ4n) is 2.46. The van der Waals surface area contributed by atoms with Crippen LogP contribution in [-0.4, -0.2) is 40.6 Å². The van der Waals surface area contributed by atoms with Crippen LogP contribution in [0, 0.1) is 6.92 Å². The Balaban J connectivity index is 2.27. The quantitative estimate of drug-likeness (QED) is 0.753. The number of anilines is 1. The van der Waals surface area contributed by atoms with Gasteiger partial charge < -0.3 is 15.3 Å². The third-order valence-electron chi connectivity index (χ3n) is 3.47. The summed E-state index contributed by atoms with van der Waals surface area (Å²) in [7, 11) is 1.99. The number of hydrogen-bond acceptors (Lipinski definition) is 4. The molecule has 0 aliphatic heterocycles. The first-order valence-electron chi connectivity index (χ1n) is 6.79. The minimum absolute atomic E-state index is 0.196. The number of hydrogen-bond donors (Lipinski definition) is 2. The fourth-order valence-corrected chi connectivity index (χ4v) is 2.46. The van der Waals surface area contributed by atoms with Gasteiger partial charge in [-0.1, -0.05) is 6.92 Å². The normalized spacial score (nSPS) is 15.1. The van der Waals surface area contributed by atoms with Gasteiger partial charge in [0.25, 0.3) is 0 Å². The van der Waals surface area contributed by atoms with E-state index in [2.05, 4.69) is 29.2 Å². The zero-order chi connectivity index (χ0) is 13.1. The van der Waals surface area contributed by atoms with E-state index < -0.39 is 0 Å². The number of aliphatic hydroxyl groups is 1. The maximum Gasteiger partial charge on any atom is 0.131 e. The standard InChI is InChI=1S/C13H24N4O/c1-4-14-9-12-10(2)15-16(3)13(12)17(7-8-18)11-5-6-11/h11,14,18H,4-9H2,1-3H3. The molecule has 18 heavy (non-hydrogen) atoms. The zero-order valence-corrected chi connectivity index (χ0v) is 11.6. The van der Waals surface area contributed by atoms with E-state index in [1.165, 1.54) is 24.2 Å². The van der Waals surface area contributed by atoms with Crippen LogP contribution < -0.4 is 10.2 Å². The van der Waals surface area contributed by atoms with Gasteiger partial charge in [0.2, 0.25) is 0 Å². The molecular formula is C13H24N4O. The Bertz CT molecular complexity index is 398. The van der Waals surface area contributed by atoms with Crippen molar-refractivity contribution < 1.29 is 5.11 Å². The summed E-state index contributed by atoms with van der Waals surface area (Å²) >= 11 is 0. The Hall–Kier alpha value is -1.07. The van der Waals surface area contributed by atoms with Gasteiger partial charge in [-0.05, 0) is 26.3 Å². The highest BCUT2D eigenvalue weighted by molar-refractivity contribution is 5.52. The average molecular weight is 252 g/mol. The Kier molecular flexibility index (Phi) is 4.24. The molecule has 0 bridgehead atoms. The van der Waals surface area contributed by atoms with Crippen LogP contribution in [0.4, 0.5) is 5.82 Å². The Labute approximate surface area is 109 Å². The van der Waals surface area contributed by atoms with Crippen LogP contribution in [0.2, 0.25) is 0 Å². The monoisotopic (exact) mass is 252 g/mol. The first-order valence-corrected chi connectivity index (χ1v) is 6.79. The molecule has 102 valence electrons. The van der Waals surface area contributed by atoms with Crippen molar-refractivity contribution in [3.8, 4) is 0 Å². The molecule has 0 aromatic carbocycles. The topological polar surface area (TPSA) is 53.3 Å². The molecule has 1 saturated carbocycles. The van der Waals surface area contributed by atoms with E-state index >= 15 is 0 Å². The minimum atomic E-state index is 0.196. The van der Waals surface area contributed by atoms with Gasteiger partial charge in [0.15, 0.2) is 0 Å². The second kappa shape index (κ2) is 5.71. The summed E-state index contributed by atoms with van der Waals surface area (Å²) in [5, 5.41) is 17.2. The van der Waals surface area contributed by atoms with Crippen LogP contribution in [0.1, 0.15) is 31.0 Å². The SMILES string of the molecule is CCNCc1c(C)nn(C)c1N(CCO)C1CC1. The molecule has 0 radical (unpaired) electrons. The minimum Gasteiger partial charge on any atom is -0.395 e. The lowest BCUT2D eigenvalue weighted by Crippen LogP contribution is -2.32. The molecule has 1 heterocycles. The van der Waals surface area contributed by atoms with Gasteiger partial charge >= 0.3 is 0 Å². The molecule has 0 amide bonds. The van der Waals surface area contributed by atoms with E-state index in [0.29, 0.717) is 12.6 Å². The maximum absolute atomic E-state index is 9.25. The summed E-state index contributed by atoms with van der Waals surface area (Å²) in [6, 6.07) is 0.590. The number of aryl methyl sites for hydroxylation is 2. The van der Waals surface area contributed by atoms with Gasteiger partial charge in [-0.2, -0.15) is 5.10 Å². The number of rotatable bonds is 7. The zero-order valence-electron chi connectivity index (χ0n) is 11.6. The molecule has 5 heteroatoms. The van der Waals surface area contributed by atoms with Crippen molar-refractivity contribution in [2.45, 2.75) is 39.3 Å². The van der Waals surface area contributed by atoms with Crippen molar-refractivity contribution in [1.82, 2.24) is 15.1 Å². The highest BCUT2D eigenvalue weighted by atomic mass is 16.3. The molecule has 0 saturated heterocycles. The summed E-state index contributed by atoms with van der Waals surface area (Å²) in [4.78, 5) is 2.31. The van der Waals surface area contributed by atoms with Gasteiger partial charge in [-0.3, -0.25) is 4.68 Å². The Morgan fingerprint density at radius 3 is 2.78 bits per heavy atom. The predicted molar refractivity (Wildman–Crippen MR) is 72.8 cm³/mol. The molecular weight excluding hydrogens is 228 g/mol. The van der Waals surface area contributed by atoms with Crippen LogP contribution in [0.25, 0.3) is 0 Å². The number of nitrogens with one attached hydrogen (secondary N) is 1. The van der Waals surface area contributed by atoms with Crippen molar-refractivity contribution >= 4 is 5.82 Å². The first kappa shape index (κ1) is 13.4. The van der Waals surface area contributed by atoms with E-state index in [1.54, 1.807) is 0 Å². The first-order chi connectivity index (χ1) is 8.69. The summed E-state index contributed by atoms with van der Waals surface area (Å²) < 4.78 is 1.95. The molecule has 1 aromatic heterocycles. The van der Waals surface area contributed by atoms with Gasteiger partial charge in [-0.25, -0.2) is 0 Å². The van der Waals surface area contributed by atoms with Crippen molar-refractivity contribution in [2.24, 2.45) is 7.05 Å². The largest absolute Gasteiger partial charge is 0.395 e. The van der Waals surface area contributed by atoms with E-state index in [1.807, 2.05) is 11.7 Å². The maximum atomic E-state index is 9.25. The van der Waals surface area contributed by atoms with Gasteiger partial charge in [0.1, 0.15) is 5.82 Å². The molecule has 2 N–H and O–H groups in total. The summed E-state index contributed by atoms with van der Waals surface area (Å²) in [5.74, 6) is 1.17.